The summed E-state index contributed by atoms with van der Waals surface area (Å²) < 4.78 is 0. The van der Waals surface area contributed by atoms with Crippen LogP contribution in [0.5, 0.6) is 0 Å². The van der Waals surface area contributed by atoms with Crippen LogP contribution in [0.2, 0.25) is 5.02 Å². The summed E-state index contributed by atoms with van der Waals surface area (Å²) in [5.41, 5.74) is 3.20. The van der Waals surface area contributed by atoms with E-state index in [1.807, 2.05) is 37.3 Å². The lowest BCUT2D eigenvalue weighted by molar-refractivity contribution is -0.121. The molecule has 0 aromatic heterocycles. The lowest BCUT2D eigenvalue weighted by Gasteiger charge is -2.23. The fourth-order valence-electron chi connectivity index (χ4n) is 4.33. The Morgan fingerprint density at radius 1 is 0.879 bits per heavy atom. The highest BCUT2D eigenvalue weighted by molar-refractivity contribution is 6.53. The Morgan fingerprint density at radius 3 is 2.27 bits per heavy atom. The van der Waals surface area contributed by atoms with Crippen LogP contribution in [0.15, 0.2) is 77.9 Å². The molecule has 7 heteroatoms. The van der Waals surface area contributed by atoms with E-state index in [0.717, 1.165) is 10.5 Å². The molecule has 2 amide bonds. The zero-order valence-electron chi connectivity index (χ0n) is 18.0. The number of fused-ring (bicyclic) bond motifs is 1. The maximum Gasteiger partial charge on any atom is 0.259 e. The molecule has 164 valence electrons. The molecule has 3 aromatic carbocycles. The Bertz CT molecular complexity index is 1320. The van der Waals surface area contributed by atoms with Crippen molar-refractivity contribution in [2.75, 3.05) is 9.91 Å². The summed E-state index contributed by atoms with van der Waals surface area (Å²) in [6.07, 6.45) is 0. The third kappa shape index (κ3) is 3.34. The minimum atomic E-state index is -1.01. The van der Waals surface area contributed by atoms with E-state index in [0.29, 0.717) is 27.5 Å². The molecular weight excluding hydrogens is 438 g/mol. The fraction of sp³-hybridized carbons (Fsp3) is 0.154. The van der Waals surface area contributed by atoms with Gasteiger partial charge in [-0.05, 0) is 43.7 Å². The van der Waals surface area contributed by atoms with E-state index in [2.05, 4.69) is 5.10 Å². The molecule has 0 saturated carbocycles. The number of anilines is 2. The molecule has 33 heavy (non-hydrogen) atoms. The number of carbonyl (C=O) groups is 3. The molecule has 2 atom stereocenters. The number of nitrogens with zero attached hydrogens (tertiary/aromatic N) is 3. The number of halogens is 1. The lowest BCUT2D eigenvalue weighted by Crippen LogP contribution is -2.39. The maximum absolute atomic E-state index is 13.7. The van der Waals surface area contributed by atoms with Gasteiger partial charge in [0.05, 0.1) is 11.4 Å². The molecule has 2 heterocycles. The summed E-state index contributed by atoms with van der Waals surface area (Å²) >= 11 is 6.27. The Labute approximate surface area is 196 Å². The molecule has 5 rings (SSSR count). The highest BCUT2D eigenvalue weighted by Gasteiger charge is 2.58. The summed E-state index contributed by atoms with van der Waals surface area (Å²) in [5.74, 6) is -2.29. The number of imide groups is 1. The average Bonchev–Trinajstić information content (AvgIpc) is 3.33. The number of hydrogen-bond acceptors (Lipinski definition) is 5. The summed E-state index contributed by atoms with van der Waals surface area (Å²) in [6, 6.07) is 20.3. The molecule has 1 fully saturated rings. The molecule has 0 radical (unpaired) electrons. The number of carbonyl (C=O) groups excluding carboxylic acids is 3. The van der Waals surface area contributed by atoms with Gasteiger partial charge in [0, 0.05) is 10.6 Å². The molecule has 3 aromatic rings. The van der Waals surface area contributed by atoms with Crippen molar-refractivity contribution in [1.29, 1.82) is 0 Å². The van der Waals surface area contributed by atoms with Gasteiger partial charge >= 0.3 is 0 Å². The van der Waals surface area contributed by atoms with Gasteiger partial charge in [-0.15, -0.1) is 0 Å². The van der Waals surface area contributed by atoms with Crippen LogP contribution in [0.3, 0.4) is 0 Å². The number of rotatable bonds is 4. The molecule has 0 N–H and O–H groups in total. The van der Waals surface area contributed by atoms with Gasteiger partial charge in [0.25, 0.3) is 5.91 Å². The number of aryl methyl sites for hydroxylation is 1. The number of ketones is 1. The lowest BCUT2D eigenvalue weighted by atomic mass is 9.92. The first-order valence-electron chi connectivity index (χ1n) is 10.6. The van der Waals surface area contributed by atoms with Crippen LogP contribution < -0.4 is 9.91 Å². The Kier molecular flexibility index (Phi) is 5.10. The van der Waals surface area contributed by atoms with Crippen LogP contribution in [0.25, 0.3) is 0 Å². The minimum Gasteiger partial charge on any atom is -0.287 e. The van der Waals surface area contributed by atoms with Gasteiger partial charge in [0.15, 0.2) is 0 Å². The molecule has 0 bridgehead atoms. The number of benzene rings is 3. The first-order chi connectivity index (χ1) is 15.9. The highest BCUT2D eigenvalue weighted by Crippen LogP contribution is 2.40. The Morgan fingerprint density at radius 2 is 1.58 bits per heavy atom. The molecule has 0 unspecified atom stereocenters. The second-order valence-electron chi connectivity index (χ2n) is 8.18. The van der Waals surface area contributed by atoms with Gasteiger partial charge in [0.2, 0.25) is 11.7 Å². The zero-order valence-corrected chi connectivity index (χ0v) is 18.8. The van der Waals surface area contributed by atoms with Crippen LogP contribution in [-0.4, -0.2) is 29.4 Å². The van der Waals surface area contributed by atoms with E-state index >= 15 is 0 Å². The van der Waals surface area contributed by atoms with Gasteiger partial charge in [-0.3, -0.25) is 19.4 Å². The van der Waals surface area contributed by atoms with Crippen molar-refractivity contribution in [3.8, 4) is 0 Å². The summed E-state index contributed by atoms with van der Waals surface area (Å²) in [6.45, 7) is 3.71. The fourth-order valence-corrected chi connectivity index (χ4v) is 4.50. The Hall–Kier alpha value is -3.77. The smallest absolute Gasteiger partial charge is 0.259 e. The summed E-state index contributed by atoms with van der Waals surface area (Å²) in [4.78, 5) is 41.8. The SMILES string of the molecule is Cc1ccc(N2N=C(C(=O)c3ccccc3)[C@H]3C(=O)N(c4cccc(Cl)c4C)C(=O)[C@@H]32)cc1. The van der Waals surface area contributed by atoms with Crippen LogP contribution >= 0.6 is 11.6 Å². The molecular formula is C26H20ClN3O3. The van der Waals surface area contributed by atoms with Crippen LogP contribution in [0.4, 0.5) is 11.4 Å². The quantitative estimate of drug-likeness (QED) is 0.425. The van der Waals surface area contributed by atoms with Crippen molar-refractivity contribution >= 4 is 46.3 Å². The first kappa shape index (κ1) is 21.1. The molecule has 0 spiro atoms. The van der Waals surface area contributed by atoms with Crippen molar-refractivity contribution in [1.82, 2.24) is 0 Å². The number of hydrazone groups is 1. The van der Waals surface area contributed by atoms with E-state index in [1.54, 1.807) is 49.4 Å². The van der Waals surface area contributed by atoms with Gasteiger partial charge < -0.3 is 0 Å². The highest BCUT2D eigenvalue weighted by atomic mass is 35.5. The van der Waals surface area contributed by atoms with Crippen molar-refractivity contribution in [2.24, 2.45) is 11.0 Å². The van der Waals surface area contributed by atoms with E-state index in [9.17, 15) is 14.4 Å². The Balaban J connectivity index is 1.64. The van der Waals surface area contributed by atoms with E-state index in [1.165, 1.54) is 5.01 Å². The summed E-state index contributed by atoms with van der Waals surface area (Å²) in [7, 11) is 0. The van der Waals surface area contributed by atoms with Gasteiger partial charge in [-0.2, -0.15) is 5.10 Å². The molecule has 1 saturated heterocycles. The van der Waals surface area contributed by atoms with E-state index < -0.39 is 23.8 Å². The summed E-state index contributed by atoms with van der Waals surface area (Å²) in [5, 5.41) is 6.48. The number of hydrogen-bond donors (Lipinski definition) is 0. The van der Waals surface area contributed by atoms with Crippen LogP contribution in [0, 0.1) is 19.8 Å². The standard InChI is InChI=1S/C26H20ClN3O3/c1-15-11-13-18(14-12-15)30-23-21(22(28-30)24(31)17-7-4-3-5-8-17)25(32)29(26(23)33)20-10-6-9-19(27)16(20)2/h3-14,21,23H,1-2H3/t21-,23-/m1/s1. The second kappa shape index (κ2) is 7.98. The normalized spacial score (nSPS) is 19.7. The van der Waals surface area contributed by atoms with Crippen LogP contribution in [-0.2, 0) is 9.59 Å². The predicted molar refractivity (Wildman–Crippen MR) is 128 cm³/mol. The second-order valence-corrected chi connectivity index (χ2v) is 8.59. The third-order valence-corrected chi connectivity index (χ3v) is 6.51. The van der Waals surface area contributed by atoms with Crippen molar-refractivity contribution < 1.29 is 14.4 Å². The minimum absolute atomic E-state index is 0.0623. The molecule has 2 aliphatic heterocycles. The van der Waals surface area contributed by atoms with E-state index in [4.69, 9.17) is 11.6 Å². The largest absolute Gasteiger partial charge is 0.287 e. The topological polar surface area (TPSA) is 70.1 Å². The van der Waals surface area contributed by atoms with Gasteiger partial charge in [-0.1, -0.05) is 65.7 Å². The molecule has 0 aliphatic carbocycles. The maximum atomic E-state index is 13.7. The predicted octanol–water partition coefficient (Wildman–Crippen LogP) is 4.57. The molecule has 2 aliphatic rings. The van der Waals surface area contributed by atoms with Crippen molar-refractivity contribution in [2.45, 2.75) is 19.9 Å². The van der Waals surface area contributed by atoms with Crippen molar-refractivity contribution in [3.05, 3.63) is 94.5 Å². The number of amides is 2. The van der Waals surface area contributed by atoms with E-state index in [-0.39, 0.29) is 11.5 Å². The average molecular weight is 458 g/mol. The van der Waals surface area contributed by atoms with Crippen molar-refractivity contribution in [3.63, 3.8) is 0 Å². The van der Waals surface area contributed by atoms with Gasteiger partial charge in [0.1, 0.15) is 17.7 Å². The van der Waals surface area contributed by atoms with Gasteiger partial charge in [-0.25, -0.2) is 4.90 Å². The third-order valence-electron chi connectivity index (χ3n) is 6.10. The first-order valence-corrected chi connectivity index (χ1v) is 10.9. The monoisotopic (exact) mass is 457 g/mol. The van der Waals surface area contributed by atoms with Crippen LogP contribution in [0.1, 0.15) is 21.5 Å². The number of Topliss-reactive ketones (excluding diaryl/α,β-unsaturated/α-hetero) is 1. The zero-order chi connectivity index (χ0) is 23.3. The molecule has 6 nitrogen and oxygen atoms in total.